The molecule has 2 N–H and O–H groups in total. The molecule has 1 heterocycles. The summed E-state index contributed by atoms with van der Waals surface area (Å²) in [6.07, 6.45) is 6.16. The zero-order valence-electron chi connectivity index (χ0n) is 11.8. The minimum absolute atomic E-state index is 0.234. The van der Waals surface area contributed by atoms with Gasteiger partial charge in [0.2, 0.25) is 11.8 Å². The molecule has 0 bridgehead atoms. The minimum Gasteiger partial charge on any atom is -0.481 e. The van der Waals surface area contributed by atoms with Gasteiger partial charge in [0.05, 0.1) is 18.9 Å². The summed E-state index contributed by atoms with van der Waals surface area (Å²) in [7, 11) is 1.53. The molecule has 1 aliphatic carbocycles. The molecule has 2 unspecified atom stereocenters. The first-order valence-corrected chi connectivity index (χ1v) is 6.76. The number of carbonyl (C=O) groups excluding carboxylic acids is 1. The summed E-state index contributed by atoms with van der Waals surface area (Å²) in [6.45, 7) is 0.322. The van der Waals surface area contributed by atoms with Gasteiger partial charge in [0.1, 0.15) is 0 Å². The molecule has 1 aliphatic rings. The number of ether oxygens (including phenoxy) is 1. The fourth-order valence-electron chi connectivity index (χ4n) is 2.33. The first-order chi connectivity index (χ1) is 10.1. The number of allylic oxidation sites excluding steroid dienone is 2. The second-order valence-corrected chi connectivity index (χ2v) is 4.92. The number of pyridine rings is 1. The Kier molecular flexibility index (Phi) is 4.92. The number of carbonyl (C=O) groups is 2. The van der Waals surface area contributed by atoms with Crippen molar-refractivity contribution in [3.63, 3.8) is 0 Å². The first-order valence-electron chi connectivity index (χ1n) is 6.76. The zero-order valence-corrected chi connectivity index (χ0v) is 11.8. The zero-order chi connectivity index (χ0) is 15.2. The molecule has 2 atom stereocenters. The molecule has 1 aromatic heterocycles. The van der Waals surface area contributed by atoms with Crippen molar-refractivity contribution in [2.45, 2.75) is 19.4 Å². The number of carboxylic acid groups (broad SMARTS) is 1. The van der Waals surface area contributed by atoms with E-state index >= 15 is 0 Å². The summed E-state index contributed by atoms with van der Waals surface area (Å²) >= 11 is 0. The second kappa shape index (κ2) is 6.88. The highest BCUT2D eigenvalue weighted by molar-refractivity contribution is 5.85. The molecule has 1 amide bonds. The summed E-state index contributed by atoms with van der Waals surface area (Å²) < 4.78 is 4.96. The quantitative estimate of drug-likeness (QED) is 0.800. The standard InChI is InChI=1S/C15H18N2O4/c1-21-13-7-6-10(8-16-13)9-17-14(18)11-4-2-3-5-12(11)15(19)20/h2-3,6-8,11-12H,4-5,9H2,1H3,(H,17,18)(H,19,20). The van der Waals surface area contributed by atoms with E-state index < -0.39 is 17.8 Å². The van der Waals surface area contributed by atoms with E-state index in [4.69, 9.17) is 9.84 Å². The lowest BCUT2D eigenvalue weighted by Gasteiger charge is -2.24. The van der Waals surface area contributed by atoms with Crippen LogP contribution in [0.2, 0.25) is 0 Å². The van der Waals surface area contributed by atoms with Gasteiger partial charge in [-0.25, -0.2) is 4.98 Å². The lowest BCUT2D eigenvalue weighted by molar-refractivity contribution is -0.147. The number of hydrogen-bond acceptors (Lipinski definition) is 4. The lowest BCUT2D eigenvalue weighted by Crippen LogP contribution is -2.38. The normalized spacial score (nSPS) is 20.8. The molecule has 112 valence electrons. The predicted octanol–water partition coefficient (Wildman–Crippen LogP) is 1.37. The van der Waals surface area contributed by atoms with Crippen LogP contribution in [0.25, 0.3) is 0 Å². The largest absolute Gasteiger partial charge is 0.481 e. The number of carboxylic acids is 1. The molecule has 0 radical (unpaired) electrons. The van der Waals surface area contributed by atoms with Crippen molar-refractivity contribution in [2.75, 3.05) is 7.11 Å². The molecule has 21 heavy (non-hydrogen) atoms. The highest BCUT2D eigenvalue weighted by Gasteiger charge is 2.33. The van der Waals surface area contributed by atoms with E-state index in [0.29, 0.717) is 25.3 Å². The van der Waals surface area contributed by atoms with Crippen molar-refractivity contribution in [2.24, 2.45) is 11.8 Å². The summed E-state index contributed by atoms with van der Waals surface area (Å²) in [5.74, 6) is -1.82. The van der Waals surface area contributed by atoms with E-state index in [1.807, 2.05) is 18.2 Å². The third-order valence-corrected chi connectivity index (χ3v) is 3.56. The highest BCUT2D eigenvalue weighted by atomic mass is 16.5. The summed E-state index contributed by atoms with van der Waals surface area (Å²) in [5.41, 5.74) is 0.836. The van der Waals surface area contributed by atoms with Gasteiger partial charge in [0, 0.05) is 18.8 Å². The van der Waals surface area contributed by atoms with E-state index in [9.17, 15) is 9.59 Å². The van der Waals surface area contributed by atoms with Crippen LogP contribution in [0.5, 0.6) is 5.88 Å². The first kappa shape index (κ1) is 15.0. The van der Waals surface area contributed by atoms with Crippen molar-refractivity contribution in [3.8, 4) is 5.88 Å². The number of nitrogens with one attached hydrogen (secondary N) is 1. The predicted molar refractivity (Wildman–Crippen MR) is 75.6 cm³/mol. The number of aliphatic carboxylic acids is 1. The monoisotopic (exact) mass is 290 g/mol. The van der Waals surface area contributed by atoms with Crippen molar-refractivity contribution in [3.05, 3.63) is 36.0 Å². The van der Waals surface area contributed by atoms with Crippen molar-refractivity contribution >= 4 is 11.9 Å². The Hall–Kier alpha value is -2.37. The van der Waals surface area contributed by atoms with E-state index in [2.05, 4.69) is 10.3 Å². The van der Waals surface area contributed by atoms with E-state index in [0.717, 1.165) is 5.56 Å². The fraction of sp³-hybridized carbons (Fsp3) is 0.400. The molecule has 0 aliphatic heterocycles. The molecule has 6 heteroatoms. The molecule has 0 saturated heterocycles. The average Bonchev–Trinajstić information content (AvgIpc) is 2.53. The maximum Gasteiger partial charge on any atom is 0.307 e. The van der Waals surface area contributed by atoms with Crippen LogP contribution in [0, 0.1) is 11.8 Å². The molecular weight excluding hydrogens is 272 g/mol. The van der Waals surface area contributed by atoms with Crippen LogP contribution in [0.4, 0.5) is 0 Å². The van der Waals surface area contributed by atoms with E-state index in [-0.39, 0.29) is 5.91 Å². The van der Waals surface area contributed by atoms with Crippen LogP contribution in [-0.4, -0.2) is 29.1 Å². The molecular formula is C15H18N2O4. The van der Waals surface area contributed by atoms with Crippen LogP contribution in [-0.2, 0) is 16.1 Å². The maximum absolute atomic E-state index is 12.2. The number of nitrogens with zero attached hydrogens (tertiary/aromatic N) is 1. The Bertz CT molecular complexity index is 539. The Labute approximate surface area is 122 Å². The van der Waals surface area contributed by atoms with Gasteiger partial charge in [-0.3, -0.25) is 9.59 Å². The van der Waals surface area contributed by atoms with Crippen molar-refractivity contribution in [1.29, 1.82) is 0 Å². The third kappa shape index (κ3) is 3.81. The average molecular weight is 290 g/mol. The number of methoxy groups -OCH3 is 1. The Balaban J connectivity index is 1.93. The van der Waals surface area contributed by atoms with Crippen molar-refractivity contribution in [1.82, 2.24) is 10.3 Å². The SMILES string of the molecule is COc1ccc(CNC(=O)C2CC=CCC2C(=O)O)cn1. The van der Waals surface area contributed by atoms with E-state index in [1.54, 1.807) is 12.3 Å². The third-order valence-electron chi connectivity index (χ3n) is 3.56. The Morgan fingerprint density at radius 1 is 1.33 bits per heavy atom. The molecule has 2 rings (SSSR count). The maximum atomic E-state index is 12.2. The number of hydrogen-bond donors (Lipinski definition) is 2. The van der Waals surface area contributed by atoms with Crippen LogP contribution in [0.3, 0.4) is 0 Å². The molecule has 0 saturated carbocycles. The van der Waals surface area contributed by atoms with Gasteiger partial charge in [0.25, 0.3) is 0 Å². The van der Waals surface area contributed by atoms with Gasteiger partial charge in [-0.2, -0.15) is 0 Å². The van der Waals surface area contributed by atoms with Crippen LogP contribution in [0.1, 0.15) is 18.4 Å². The Morgan fingerprint density at radius 3 is 2.62 bits per heavy atom. The van der Waals surface area contributed by atoms with Gasteiger partial charge in [-0.15, -0.1) is 0 Å². The molecule has 6 nitrogen and oxygen atoms in total. The van der Waals surface area contributed by atoms with Gasteiger partial charge >= 0.3 is 5.97 Å². The van der Waals surface area contributed by atoms with E-state index in [1.165, 1.54) is 7.11 Å². The molecule has 1 aromatic rings. The number of rotatable bonds is 5. The topological polar surface area (TPSA) is 88.5 Å². The lowest BCUT2D eigenvalue weighted by atomic mass is 9.82. The minimum atomic E-state index is -0.925. The molecule has 0 aromatic carbocycles. The molecule has 0 spiro atoms. The van der Waals surface area contributed by atoms with Gasteiger partial charge in [-0.1, -0.05) is 18.2 Å². The Morgan fingerprint density at radius 2 is 2.05 bits per heavy atom. The smallest absolute Gasteiger partial charge is 0.307 e. The van der Waals surface area contributed by atoms with Crippen LogP contribution >= 0.6 is 0 Å². The summed E-state index contributed by atoms with van der Waals surface area (Å²) in [6, 6.07) is 3.52. The van der Waals surface area contributed by atoms with Gasteiger partial charge in [0.15, 0.2) is 0 Å². The second-order valence-electron chi connectivity index (χ2n) is 4.92. The summed E-state index contributed by atoms with van der Waals surface area (Å²) in [4.78, 5) is 27.4. The van der Waals surface area contributed by atoms with Crippen LogP contribution in [0.15, 0.2) is 30.5 Å². The number of amides is 1. The highest BCUT2D eigenvalue weighted by Crippen LogP contribution is 2.26. The molecule has 0 fully saturated rings. The van der Waals surface area contributed by atoms with Crippen LogP contribution < -0.4 is 10.1 Å². The fourth-order valence-corrected chi connectivity index (χ4v) is 2.33. The van der Waals surface area contributed by atoms with Gasteiger partial charge in [-0.05, 0) is 18.4 Å². The number of aromatic nitrogens is 1. The van der Waals surface area contributed by atoms with Crippen molar-refractivity contribution < 1.29 is 19.4 Å². The summed E-state index contributed by atoms with van der Waals surface area (Å²) in [5, 5.41) is 11.9. The van der Waals surface area contributed by atoms with Gasteiger partial charge < -0.3 is 15.2 Å².